The van der Waals surface area contributed by atoms with E-state index in [1.807, 2.05) is 23.1 Å². The fourth-order valence-corrected chi connectivity index (χ4v) is 3.43. The van der Waals surface area contributed by atoms with Crippen molar-refractivity contribution in [3.63, 3.8) is 0 Å². The zero-order chi connectivity index (χ0) is 19.4. The number of nitrogens with zero attached hydrogens (tertiary/aromatic N) is 1. The third-order valence-corrected chi connectivity index (χ3v) is 4.71. The fraction of sp³-hybridized carbons (Fsp3) is 0.350. The molecular formula is C20H22F2N2O3. The normalized spacial score (nSPS) is 17.0. The van der Waals surface area contributed by atoms with E-state index >= 15 is 0 Å². The molecule has 0 spiro atoms. The van der Waals surface area contributed by atoms with E-state index < -0.39 is 11.6 Å². The quantitative estimate of drug-likeness (QED) is 0.834. The predicted octanol–water partition coefficient (Wildman–Crippen LogP) is 3.76. The van der Waals surface area contributed by atoms with Crippen LogP contribution in [-0.4, -0.2) is 38.1 Å². The van der Waals surface area contributed by atoms with Gasteiger partial charge in [0.2, 0.25) is 5.91 Å². The van der Waals surface area contributed by atoms with Gasteiger partial charge >= 0.3 is 0 Å². The van der Waals surface area contributed by atoms with E-state index in [9.17, 15) is 13.6 Å². The molecular weight excluding hydrogens is 354 g/mol. The lowest BCUT2D eigenvalue weighted by molar-refractivity contribution is -0.117. The first kappa shape index (κ1) is 19.1. The third kappa shape index (κ3) is 4.36. The van der Waals surface area contributed by atoms with Gasteiger partial charge in [-0.1, -0.05) is 6.07 Å². The summed E-state index contributed by atoms with van der Waals surface area (Å²) in [6, 6.07) is 8.59. The van der Waals surface area contributed by atoms with Crippen molar-refractivity contribution < 1.29 is 23.0 Å². The number of methoxy groups -OCH3 is 2. The molecule has 1 saturated heterocycles. The second-order valence-electron chi connectivity index (χ2n) is 6.41. The van der Waals surface area contributed by atoms with Crippen molar-refractivity contribution in [3.8, 4) is 11.5 Å². The molecule has 1 fully saturated rings. The van der Waals surface area contributed by atoms with Crippen LogP contribution in [-0.2, 0) is 4.79 Å². The van der Waals surface area contributed by atoms with Gasteiger partial charge in [0, 0.05) is 23.7 Å². The molecule has 1 N–H and O–H groups in total. The smallest absolute Gasteiger partial charge is 0.238 e. The Morgan fingerprint density at radius 1 is 1.19 bits per heavy atom. The summed E-state index contributed by atoms with van der Waals surface area (Å²) in [4.78, 5) is 14.4. The first-order valence-electron chi connectivity index (χ1n) is 8.72. The summed E-state index contributed by atoms with van der Waals surface area (Å²) in [7, 11) is 3.18. The maximum absolute atomic E-state index is 13.7. The molecule has 1 atom stereocenters. The van der Waals surface area contributed by atoms with Crippen molar-refractivity contribution in [1.82, 2.24) is 4.90 Å². The van der Waals surface area contributed by atoms with Crippen LogP contribution in [0.1, 0.15) is 24.4 Å². The average molecular weight is 376 g/mol. The van der Waals surface area contributed by atoms with Crippen LogP contribution >= 0.6 is 0 Å². The molecule has 0 unspecified atom stereocenters. The van der Waals surface area contributed by atoms with E-state index in [1.165, 1.54) is 0 Å². The third-order valence-electron chi connectivity index (χ3n) is 4.71. The number of rotatable bonds is 6. The van der Waals surface area contributed by atoms with Crippen LogP contribution < -0.4 is 14.8 Å². The van der Waals surface area contributed by atoms with Gasteiger partial charge in [-0.3, -0.25) is 9.69 Å². The Balaban J connectivity index is 1.73. The molecule has 144 valence electrons. The molecule has 2 aromatic rings. The largest absolute Gasteiger partial charge is 0.497 e. The van der Waals surface area contributed by atoms with Gasteiger partial charge in [-0.05, 0) is 37.6 Å². The monoisotopic (exact) mass is 376 g/mol. The van der Waals surface area contributed by atoms with Crippen molar-refractivity contribution in [1.29, 1.82) is 0 Å². The number of hydrogen-bond acceptors (Lipinski definition) is 4. The highest BCUT2D eigenvalue weighted by atomic mass is 19.1. The SMILES string of the molecule is COc1ccc([C@H]2CCCN2CC(=O)Nc2cc(F)ccc2F)c(OC)c1. The zero-order valence-electron chi connectivity index (χ0n) is 15.3. The Bertz CT molecular complexity index is 829. The van der Waals surface area contributed by atoms with Crippen LogP contribution in [0.5, 0.6) is 11.5 Å². The Hall–Kier alpha value is -2.67. The van der Waals surface area contributed by atoms with E-state index in [0.29, 0.717) is 11.5 Å². The summed E-state index contributed by atoms with van der Waals surface area (Å²) >= 11 is 0. The molecule has 2 aromatic carbocycles. The number of carbonyl (C=O) groups excluding carboxylic acids is 1. The molecule has 0 aliphatic carbocycles. The summed E-state index contributed by atoms with van der Waals surface area (Å²) in [5, 5.41) is 2.45. The van der Waals surface area contributed by atoms with Gasteiger partial charge in [-0.25, -0.2) is 8.78 Å². The Labute approximate surface area is 156 Å². The molecule has 0 bridgehead atoms. The van der Waals surface area contributed by atoms with E-state index in [1.54, 1.807) is 14.2 Å². The van der Waals surface area contributed by atoms with Crippen LogP contribution in [0.2, 0.25) is 0 Å². The minimum atomic E-state index is -0.667. The van der Waals surface area contributed by atoms with Gasteiger partial charge in [-0.2, -0.15) is 0 Å². The number of halogens is 2. The summed E-state index contributed by atoms with van der Waals surface area (Å²) in [6.07, 6.45) is 1.81. The summed E-state index contributed by atoms with van der Waals surface area (Å²) in [5.74, 6) is -0.269. The average Bonchev–Trinajstić information content (AvgIpc) is 3.11. The van der Waals surface area contributed by atoms with Gasteiger partial charge < -0.3 is 14.8 Å². The molecule has 0 saturated carbocycles. The number of nitrogens with one attached hydrogen (secondary N) is 1. The van der Waals surface area contributed by atoms with Crippen LogP contribution in [0.3, 0.4) is 0 Å². The lowest BCUT2D eigenvalue weighted by Crippen LogP contribution is -2.33. The highest BCUT2D eigenvalue weighted by Gasteiger charge is 2.30. The van der Waals surface area contributed by atoms with Crippen LogP contribution in [0.15, 0.2) is 36.4 Å². The lowest BCUT2D eigenvalue weighted by Gasteiger charge is -2.26. The Morgan fingerprint density at radius 3 is 2.74 bits per heavy atom. The molecule has 7 heteroatoms. The van der Waals surface area contributed by atoms with Gasteiger partial charge in [-0.15, -0.1) is 0 Å². The Kier molecular flexibility index (Phi) is 5.91. The van der Waals surface area contributed by atoms with Gasteiger partial charge in [0.15, 0.2) is 0 Å². The van der Waals surface area contributed by atoms with E-state index in [-0.39, 0.29) is 24.2 Å². The highest BCUT2D eigenvalue weighted by molar-refractivity contribution is 5.92. The molecule has 27 heavy (non-hydrogen) atoms. The lowest BCUT2D eigenvalue weighted by atomic mass is 10.0. The fourth-order valence-electron chi connectivity index (χ4n) is 3.43. The first-order valence-corrected chi connectivity index (χ1v) is 8.72. The first-order chi connectivity index (χ1) is 13.0. The van der Waals surface area contributed by atoms with Gasteiger partial charge in [0.1, 0.15) is 23.1 Å². The molecule has 0 aromatic heterocycles. The van der Waals surface area contributed by atoms with Crippen molar-refractivity contribution in [2.45, 2.75) is 18.9 Å². The topological polar surface area (TPSA) is 50.8 Å². The van der Waals surface area contributed by atoms with Crippen molar-refractivity contribution in [2.75, 3.05) is 32.6 Å². The zero-order valence-corrected chi connectivity index (χ0v) is 15.3. The molecule has 5 nitrogen and oxygen atoms in total. The van der Waals surface area contributed by atoms with E-state index in [0.717, 1.165) is 43.1 Å². The van der Waals surface area contributed by atoms with E-state index in [4.69, 9.17) is 9.47 Å². The molecule has 1 heterocycles. The maximum atomic E-state index is 13.7. The number of amides is 1. The highest BCUT2D eigenvalue weighted by Crippen LogP contribution is 2.38. The van der Waals surface area contributed by atoms with Crippen LogP contribution in [0, 0.1) is 11.6 Å². The number of hydrogen-bond donors (Lipinski definition) is 1. The van der Waals surface area contributed by atoms with Crippen LogP contribution in [0.25, 0.3) is 0 Å². The van der Waals surface area contributed by atoms with Crippen molar-refractivity contribution in [3.05, 3.63) is 53.6 Å². The Morgan fingerprint density at radius 2 is 2.00 bits per heavy atom. The number of carbonyl (C=O) groups is 1. The van der Waals surface area contributed by atoms with Crippen LogP contribution in [0.4, 0.5) is 14.5 Å². The van der Waals surface area contributed by atoms with E-state index in [2.05, 4.69) is 5.32 Å². The van der Waals surface area contributed by atoms with Gasteiger partial charge in [0.25, 0.3) is 0 Å². The molecule has 1 aliphatic rings. The van der Waals surface area contributed by atoms with Gasteiger partial charge in [0.05, 0.1) is 26.5 Å². The standard InChI is InChI=1S/C20H22F2N2O3/c1-26-14-6-7-15(19(11-14)27-2)18-4-3-9-24(18)12-20(25)23-17-10-13(21)5-8-16(17)22/h5-8,10-11,18H,3-4,9,12H2,1-2H3,(H,23,25)/t18-/m1/s1. The van der Waals surface area contributed by atoms with Crippen molar-refractivity contribution >= 4 is 11.6 Å². The molecule has 3 rings (SSSR count). The number of ether oxygens (including phenoxy) is 2. The van der Waals surface area contributed by atoms with Crippen molar-refractivity contribution in [2.24, 2.45) is 0 Å². The summed E-state index contributed by atoms with van der Waals surface area (Å²) in [5.41, 5.74) is 0.818. The number of benzene rings is 2. The summed E-state index contributed by atoms with van der Waals surface area (Å²) < 4.78 is 37.7. The number of anilines is 1. The maximum Gasteiger partial charge on any atom is 0.238 e. The molecule has 1 aliphatic heterocycles. The summed E-state index contributed by atoms with van der Waals surface area (Å²) in [6.45, 7) is 0.814. The predicted molar refractivity (Wildman–Crippen MR) is 98.1 cm³/mol. The minimum Gasteiger partial charge on any atom is -0.497 e. The second-order valence-corrected chi connectivity index (χ2v) is 6.41. The minimum absolute atomic E-state index is 0.00830. The molecule has 0 radical (unpaired) electrons. The second kappa shape index (κ2) is 8.35. The molecule has 1 amide bonds. The number of likely N-dealkylation sites (tertiary alicyclic amines) is 1.